The fourth-order valence-corrected chi connectivity index (χ4v) is 2.11. The van der Waals surface area contributed by atoms with E-state index in [0.29, 0.717) is 5.71 Å². The first kappa shape index (κ1) is 11.1. The van der Waals surface area contributed by atoms with Gasteiger partial charge in [0, 0.05) is 19.4 Å². The van der Waals surface area contributed by atoms with E-state index in [2.05, 4.69) is 0 Å². The van der Waals surface area contributed by atoms with Crippen LogP contribution in [0.1, 0.15) is 26.3 Å². The summed E-state index contributed by atoms with van der Waals surface area (Å²) in [7, 11) is 0. The molecule has 0 saturated heterocycles. The van der Waals surface area contributed by atoms with Gasteiger partial charge in [-0.3, -0.25) is 0 Å². The van der Waals surface area contributed by atoms with Crippen molar-refractivity contribution in [1.29, 1.82) is 0 Å². The Morgan fingerprint density at radius 2 is 1.88 bits per heavy atom. The predicted molar refractivity (Wildman–Crippen MR) is 61.3 cm³/mol. The molecule has 1 aliphatic heterocycles. The second-order valence-corrected chi connectivity index (χ2v) is 4.56. The topological polar surface area (TPSA) is 49.5 Å². The summed E-state index contributed by atoms with van der Waals surface area (Å²) in [5, 5.41) is 23.1. The number of hydroxylamine groups is 3. The number of rotatable bonds is 1. The lowest BCUT2D eigenvalue weighted by Crippen LogP contribution is -2.45. The second kappa shape index (κ2) is 3.57. The molecule has 4 nitrogen and oxygen atoms in total. The highest BCUT2D eigenvalue weighted by molar-refractivity contribution is 6.01. The van der Waals surface area contributed by atoms with Crippen LogP contribution < -0.4 is 0 Å². The smallest absolute Gasteiger partial charge is 0.245 e. The van der Waals surface area contributed by atoms with Gasteiger partial charge in [-0.2, -0.15) is 4.74 Å². The Labute approximate surface area is 95.0 Å². The van der Waals surface area contributed by atoms with Crippen molar-refractivity contribution in [3.63, 3.8) is 0 Å². The molecule has 0 bridgehead atoms. The van der Waals surface area contributed by atoms with Gasteiger partial charge in [0.15, 0.2) is 0 Å². The van der Waals surface area contributed by atoms with E-state index in [1.54, 1.807) is 13.8 Å². The van der Waals surface area contributed by atoms with Crippen LogP contribution in [0.15, 0.2) is 30.3 Å². The van der Waals surface area contributed by atoms with Gasteiger partial charge in [-0.25, -0.2) is 0 Å². The Bertz CT molecular complexity index is 426. The number of hydrogen-bond acceptors (Lipinski definition) is 3. The Morgan fingerprint density at radius 3 is 2.31 bits per heavy atom. The molecular weight excluding hydrogens is 204 g/mol. The molecule has 1 atom stereocenters. The van der Waals surface area contributed by atoms with Gasteiger partial charge in [0.25, 0.3) is 0 Å². The van der Waals surface area contributed by atoms with E-state index in [-0.39, 0.29) is 6.04 Å². The van der Waals surface area contributed by atoms with Crippen LogP contribution in [0.4, 0.5) is 0 Å². The Hall–Kier alpha value is -1.39. The van der Waals surface area contributed by atoms with Crippen LogP contribution in [0.3, 0.4) is 0 Å². The molecule has 0 aromatic heterocycles. The van der Waals surface area contributed by atoms with E-state index in [9.17, 15) is 10.4 Å². The average Bonchev–Trinajstić information content (AvgIpc) is 2.42. The molecular formula is C12H16N2O2. The van der Waals surface area contributed by atoms with E-state index in [1.807, 2.05) is 37.3 Å². The Morgan fingerprint density at radius 1 is 1.31 bits per heavy atom. The van der Waals surface area contributed by atoms with Crippen molar-refractivity contribution >= 4 is 5.71 Å². The molecule has 0 saturated carbocycles. The SMILES string of the molecule is CC1C(c2ccccc2)=[N+]([O-])C(C)(C)N1O. The molecule has 4 heteroatoms. The molecule has 1 aromatic carbocycles. The van der Waals surface area contributed by atoms with Crippen molar-refractivity contribution in [3.8, 4) is 0 Å². The Balaban J connectivity index is 2.53. The summed E-state index contributed by atoms with van der Waals surface area (Å²) in [4.78, 5) is 0. The van der Waals surface area contributed by atoms with Crippen molar-refractivity contribution in [2.75, 3.05) is 0 Å². The maximum atomic E-state index is 12.1. The maximum Gasteiger partial charge on any atom is 0.245 e. The van der Waals surface area contributed by atoms with Gasteiger partial charge in [0.1, 0.15) is 6.04 Å². The van der Waals surface area contributed by atoms with E-state index in [4.69, 9.17) is 0 Å². The minimum Gasteiger partial charge on any atom is -0.622 e. The molecule has 1 N–H and O–H groups in total. The van der Waals surface area contributed by atoms with Crippen LogP contribution in [0.25, 0.3) is 0 Å². The third-order valence-electron chi connectivity index (χ3n) is 3.11. The summed E-state index contributed by atoms with van der Waals surface area (Å²) in [6, 6.07) is 9.14. The third kappa shape index (κ3) is 1.42. The lowest BCUT2D eigenvalue weighted by molar-refractivity contribution is -0.579. The largest absolute Gasteiger partial charge is 0.622 e. The zero-order valence-corrected chi connectivity index (χ0v) is 9.71. The molecule has 1 heterocycles. The van der Waals surface area contributed by atoms with E-state index in [0.717, 1.165) is 15.4 Å². The highest BCUT2D eigenvalue weighted by Gasteiger charge is 2.49. The number of nitrogens with zero attached hydrogens (tertiary/aromatic N) is 2. The van der Waals surface area contributed by atoms with Crippen molar-refractivity contribution in [1.82, 2.24) is 5.06 Å². The highest BCUT2D eigenvalue weighted by atomic mass is 16.6. The van der Waals surface area contributed by atoms with Crippen molar-refractivity contribution < 1.29 is 9.95 Å². The maximum absolute atomic E-state index is 12.1. The van der Waals surface area contributed by atoms with Crippen LogP contribution in [0.2, 0.25) is 0 Å². The standard InChI is InChI=1S/C12H16N2O2/c1-9-11(10-7-5-4-6-8-10)14(16)12(2,3)13(9)15/h4-9,15H,1-3H3. The minimum absolute atomic E-state index is 0.296. The van der Waals surface area contributed by atoms with Gasteiger partial charge in [-0.1, -0.05) is 18.2 Å². The number of benzene rings is 1. The van der Waals surface area contributed by atoms with E-state index in [1.165, 1.54) is 0 Å². The van der Waals surface area contributed by atoms with Crippen LogP contribution in [-0.2, 0) is 0 Å². The summed E-state index contributed by atoms with van der Waals surface area (Å²) >= 11 is 0. The fourth-order valence-electron chi connectivity index (χ4n) is 2.11. The van der Waals surface area contributed by atoms with Crippen LogP contribution in [0, 0.1) is 5.21 Å². The fraction of sp³-hybridized carbons (Fsp3) is 0.417. The first-order valence-electron chi connectivity index (χ1n) is 5.34. The van der Waals surface area contributed by atoms with Gasteiger partial charge >= 0.3 is 0 Å². The zero-order chi connectivity index (χ0) is 11.9. The van der Waals surface area contributed by atoms with Gasteiger partial charge in [0.2, 0.25) is 11.4 Å². The molecule has 1 aliphatic rings. The summed E-state index contributed by atoms with van der Waals surface area (Å²) in [6.45, 7) is 5.22. The minimum atomic E-state index is -0.912. The monoisotopic (exact) mass is 220 g/mol. The highest BCUT2D eigenvalue weighted by Crippen LogP contribution is 2.26. The van der Waals surface area contributed by atoms with Crippen molar-refractivity contribution in [2.45, 2.75) is 32.5 Å². The summed E-state index contributed by atoms with van der Waals surface area (Å²) in [5.41, 5.74) is 0.549. The molecule has 1 unspecified atom stereocenters. The normalized spacial score (nSPS) is 25.1. The molecule has 86 valence electrons. The van der Waals surface area contributed by atoms with E-state index >= 15 is 0 Å². The van der Waals surface area contributed by atoms with Crippen LogP contribution in [-0.4, -0.2) is 32.4 Å². The first-order chi connectivity index (χ1) is 7.46. The molecule has 0 amide bonds. The molecule has 0 fully saturated rings. The summed E-state index contributed by atoms with van der Waals surface area (Å²) in [5.74, 6) is 0. The van der Waals surface area contributed by atoms with Crippen LogP contribution >= 0.6 is 0 Å². The van der Waals surface area contributed by atoms with Gasteiger partial charge in [-0.05, 0) is 19.1 Å². The molecule has 2 rings (SSSR count). The molecule has 0 spiro atoms. The second-order valence-electron chi connectivity index (χ2n) is 4.56. The molecule has 0 aliphatic carbocycles. The molecule has 1 aromatic rings. The van der Waals surface area contributed by atoms with Crippen LogP contribution in [0.5, 0.6) is 0 Å². The third-order valence-corrected chi connectivity index (χ3v) is 3.11. The van der Waals surface area contributed by atoms with E-state index < -0.39 is 5.66 Å². The predicted octanol–water partition coefficient (Wildman–Crippen LogP) is 1.82. The molecule has 16 heavy (non-hydrogen) atoms. The Kier molecular flexibility index (Phi) is 2.48. The zero-order valence-electron chi connectivity index (χ0n) is 9.71. The van der Waals surface area contributed by atoms with Gasteiger partial charge < -0.3 is 10.4 Å². The summed E-state index contributed by atoms with van der Waals surface area (Å²) in [6.07, 6.45) is 0. The first-order valence-corrected chi connectivity index (χ1v) is 5.34. The van der Waals surface area contributed by atoms with Crippen molar-refractivity contribution in [2.24, 2.45) is 0 Å². The number of hydrogen-bond donors (Lipinski definition) is 1. The lowest BCUT2D eigenvalue weighted by Gasteiger charge is -2.24. The average molecular weight is 220 g/mol. The van der Waals surface area contributed by atoms with Crippen molar-refractivity contribution in [3.05, 3.63) is 41.1 Å². The quantitative estimate of drug-likeness (QED) is 0.580. The van der Waals surface area contributed by atoms with Gasteiger partial charge in [0.05, 0.1) is 0 Å². The van der Waals surface area contributed by atoms with Gasteiger partial charge in [-0.15, -0.1) is 5.06 Å². The summed E-state index contributed by atoms with van der Waals surface area (Å²) < 4.78 is 0.882. The molecule has 0 radical (unpaired) electrons. The lowest BCUT2D eigenvalue weighted by atomic mass is 10.1.